The number of hydrogen-bond acceptors (Lipinski definition) is 2. The number of rotatable bonds is 5. The van der Waals surface area contributed by atoms with Crippen LogP contribution in [0.1, 0.15) is 27.2 Å². The third-order valence-corrected chi connectivity index (χ3v) is 3.58. The van der Waals surface area contributed by atoms with E-state index in [1.165, 1.54) is 12.1 Å². The van der Waals surface area contributed by atoms with Crippen LogP contribution in [-0.4, -0.2) is 18.8 Å². The quantitative estimate of drug-likeness (QED) is 0.809. The van der Waals surface area contributed by atoms with E-state index in [0.717, 1.165) is 15.7 Å². The van der Waals surface area contributed by atoms with Crippen molar-refractivity contribution in [3.63, 3.8) is 0 Å². The molecule has 0 spiro atoms. The van der Waals surface area contributed by atoms with Crippen LogP contribution < -0.4 is 5.32 Å². The van der Waals surface area contributed by atoms with E-state index in [4.69, 9.17) is 4.74 Å². The average Bonchev–Trinajstić information content (AvgIpc) is 2.21. The van der Waals surface area contributed by atoms with Gasteiger partial charge in [-0.05, 0) is 68.0 Å². The van der Waals surface area contributed by atoms with Gasteiger partial charge in [-0.25, -0.2) is 4.39 Å². The second-order valence-electron chi connectivity index (χ2n) is 4.84. The number of hydrogen-bond donors (Lipinski definition) is 1. The van der Waals surface area contributed by atoms with Crippen LogP contribution in [0.3, 0.4) is 0 Å². The van der Waals surface area contributed by atoms with E-state index in [-0.39, 0.29) is 17.5 Å². The summed E-state index contributed by atoms with van der Waals surface area (Å²) in [5.41, 5.74) is 0.809. The lowest BCUT2D eigenvalue weighted by molar-refractivity contribution is 0.0128. The largest absolute Gasteiger partial charge is 0.382 e. The molecular weight excluding hydrogens is 332 g/mol. The van der Waals surface area contributed by atoms with Crippen LogP contribution in [0.25, 0.3) is 0 Å². The van der Waals surface area contributed by atoms with Crippen molar-refractivity contribution in [3.05, 3.63) is 27.6 Å². The van der Waals surface area contributed by atoms with Crippen molar-refractivity contribution < 1.29 is 9.13 Å². The molecule has 0 aromatic heterocycles. The summed E-state index contributed by atoms with van der Waals surface area (Å²) in [6.45, 7) is 6.21. The van der Waals surface area contributed by atoms with Gasteiger partial charge in [-0.3, -0.25) is 0 Å². The predicted octanol–water partition coefficient (Wildman–Crippen LogP) is 4.05. The van der Waals surface area contributed by atoms with Crippen molar-refractivity contribution in [3.8, 4) is 0 Å². The van der Waals surface area contributed by atoms with E-state index < -0.39 is 0 Å². The zero-order valence-electron chi connectivity index (χ0n) is 10.7. The number of nitrogens with one attached hydrogen (secondary N) is 1. The first-order chi connectivity index (χ1) is 7.84. The summed E-state index contributed by atoms with van der Waals surface area (Å²) in [7, 11) is 1.72. The van der Waals surface area contributed by atoms with Gasteiger partial charge in [0, 0.05) is 22.4 Å². The van der Waals surface area contributed by atoms with Gasteiger partial charge in [0.2, 0.25) is 0 Å². The maximum Gasteiger partial charge on any atom is 0.124 e. The fraction of sp³-hybridized carbons (Fsp3) is 0.538. The van der Waals surface area contributed by atoms with E-state index >= 15 is 0 Å². The normalized spacial score (nSPS) is 13.5. The van der Waals surface area contributed by atoms with Crippen molar-refractivity contribution in [1.29, 1.82) is 0 Å². The molecule has 96 valence electrons. The Hall–Kier alpha value is -0.360. The van der Waals surface area contributed by atoms with Crippen molar-refractivity contribution in [2.24, 2.45) is 0 Å². The number of halogens is 2. The Kier molecular flexibility index (Phi) is 5.19. The van der Waals surface area contributed by atoms with Crippen LogP contribution in [0.4, 0.5) is 10.1 Å². The molecule has 0 radical (unpaired) electrons. The van der Waals surface area contributed by atoms with Gasteiger partial charge in [-0.15, -0.1) is 0 Å². The fourth-order valence-electron chi connectivity index (χ4n) is 1.74. The van der Waals surface area contributed by atoms with Gasteiger partial charge in [0.25, 0.3) is 0 Å². The van der Waals surface area contributed by atoms with Gasteiger partial charge in [-0.2, -0.15) is 0 Å². The lowest BCUT2D eigenvalue weighted by Gasteiger charge is -2.27. The first kappa shape index (κ1) is 14.7. The van der Waals surface area contributed by atoms with Gasteiger partial charge in [0.1, 0.15) is 5.82 Å². The molecule has 17 heavy (non-hydrogen) atoms. The zero-order chi connectivity index (χ0) is 13.1. The minimum absolute atomic E-state index is 0.155. The molecule has 2 nitrogen and oxygen atoms in total. The molecule has 1 N–H and O–H groups in total. The van der Waals surface area contributed by atoms with Crippen molar-refractivity contribution >= 4 is 28.3 Å². The average molecular weight is 351 g/mol. The number of anilines is 1. The lowest BCUT2D eigenvalue weighted by Crippen LogP contribution is -2.31. The standard InChI is InChI=1S/C13H19FINO/c1-9(8-13(2,3)17-4)16-12-6-5-10(14)7-11(12)15/h5-7,9,16H,8H2,1-4H3. The molecule has 0 heterocycles. The van der Waals surface area contributed by atoms with Gasteiger partial charge in [-0.1, -0.05) is 0 Å². The van der Waals surface area contributed by atoms with E-state index in [2.05, 4.69) is 48.7 Å². The van der Waals surface area contributed by atoms with Gasteiger partial charge < -0.3 is 10.1 Å². The molecule has 1 rings (SSSR count). The maximum absolute atomic E-state index is 13.0. The predicted molar refractivity (Wildman–Crippen MR) is 77.9 cm³/mol. The highest BCUT2D eigenvalue weighted by Crippen LogP contribution is 2.23. The third kappa shape index (κ3) is 4.79. The minimum atomic E-state index is -0.204. The maximum atomic E-state index is 13.0. The number of ether oxygens (including phenoxy) is 1. The van der Waals surface area contributed by atoms with Gasteiger partial charge in [0.15, 0.2) is 0 Å². The van der Waals surface area contributed by atoms with E-state index in [9.17, 15) is 4.39 Å². The van der Waals surface area contributed by atoms with Crippen LogP contribution in [-0.2, 0) is 4.74 Å². The van der Waals surface area contributed by atoms with E-state index in [0.29, 0.717) is 0 Å². The molecule has 0 saturated carbocycles. The molecular formula is C13H19FINO. The monoisotopic (exact) mass is 351 g/mol. The highest BCUT2D eigenvalue weighted by atomic mass is 127. The third-order valence-electron chi connectivity index (χ3n) is 2.68. The number of benzene rings is 1. The van der Waals surface area contributed by atoms with E-state index in [1.54, 1.807) is 13.2 Å². The highest BCUT2D eigenvalue weighted by molar-refractivity contribution is 14.1. The fourth-order valence-corrected chi connectivity index (χ4v) is 2.38. The first-order valence-corrected chi connectivity index (χ1v) is 6.68. The Morgan fingerprint density at radius 3 is 2.65 bits per heavy atom. The summed E-state index contributed by atoms with van der Waals surface area (Å²) < 4.78 is 19.2. The molecule has 0 amide bonds. The Labute approximate surface area is 116 Å². The Morgan fingerprint density at radius 1 is 1.47 bits per heavy atom. The molecule has 4 heteroatoms. The molecule has 0 aliphatic heterocycles. The second-order valence-corrected chi connectivity index (χ2v) is 6.00. The summed E-state index contributed by atoms with van der Waals surface area (Å²) in [6, 6.07) is 5.03. The SMILES string of the molecule is COC(C)(C)CC(C)Nc1ccc(F)cc1I. The first-order valence-electron chi connectivity index (χ1n) is 5.61. The van der Waals surface area contributed by atoms with Crippen LogP contribution in [0, 0.1) is 9.39 Å². The molecule has 1 atom stereocenters. The summed E-state index contributed by atoms with van der Waals surface area (Å²) in [4.78, 5) is 0. The summed E-state index contributed by atoms with van der Waals surface area (Å²) in [5, 5.41) is 3.37. The van der Waals surface area contributed by atoms with Crippen molar-refractivity contribution in [1.82, 2.24) is 0 Å². The Balaban J connectivity index is 2.65. The molecule has 0 aliphatic carbocycles. The van der Waals surface area contributed by atoms with Crippen molar-refractivity contribution in [2.45, 2.75) is 38.8 Å². The molecule has 1 unspecified atom stereocenters. The summed E-state index contributed by atoms with van der Waals surface area (Å²) in [5.74, 6) is -0.204. The lowest BCUT2D eigenvalue weighted by atomic mass is 10.00. The molecule has 1 aromatic rings. The Morgan fingerprint density at radius 2 is 2.12 bits per heavy atom. The summed E-state index contributed by atoms with van der Waals surface area (Å²) in [6.07, 6.45) is 0.886. The van der Waals surface area contributed by atoms with Gasteiger partial charge >= 0.3 is 0 Å². The van der Waals surface area contributed by atoms with Crippen LogP contribution in [0.2, 0.25) is 0 Å². The van der Waals surface area contributed by atoms with E-state index in [1.807, 2.05) is 0 Å². The van der Waals surface area contributed by atoms with Crippen molar-refractivity contribution in [2.75, 3.05) is 12.4 Å². The number of methoxy groups -OCH3 is 1. The van der Waals surface area contributed by atoms with Crippen LogP contribution in [0.15, 0.2) is 18.2 Å². The second kappa shape index (κ2) is 6.00. The van der Waals surface area contributed by atoms with Gasteiger partial charge in [0.05, 0.1) is 5.60 Å². The summed E-state index contributed by atoms with van der Waals surface area (Å²) >= 11 is 2.13. The molecule has 0 bridgehead atoms. The highest BCUT2D eigenvalue weighted by Gasteiger charge is 2.20. The molecule has 0 saturated heterocycles. The minimum Gasteiger partial charge on any atom is -0.382 e. The molecule has 0 fully saturated rings. The molecule has 0 aliphatic rings. The topological polar surface area (TPSA) is 21.3 Å². The molecule has 1 aromatic carbocycles. The smallest absolute Gasteiger partial charge is 0.124 e. The van der Waals surface area contributed by atoms with Crippen LogP contribution >= 0.6 is 22.6 Å². The zero-order valence-corrected chi connectivity index (χ0v) is 12.8. The van der Waals surface area contributed by atoms with Crippen LogP contribution in [0.5, 0.6) is 0 Å². The Bertz CT molecular complexity index is 382.